The number of nitrogens with zero attached hydrogens (tertiary/aromatic N) is 2. The summed E-state index contributed by atoms with van der Waals surface area (Å²) in [5.74, 6) is 1.01. The topological polar surface area (TPSA) is 73.3 Å². The molecule has 0 bridgehead atoms. The smallest absolute Gasteiger partial charge is 0.316 e. The molecule has 6 nitrogen and oxygen atoms in total. The van der Waals surface area contributed by atoms with Gasteiger partial charge in [-0.3, -0.25) is 4.79 Å². The van der Waals surface area contributed by atoms with E-state index in [1.165, 1.54) is 19.5 Å². The molecule has 2 rings (SSSR count). The molecule has 1 aromatic heterocycles. The Labute approximate surface area is 142 Å². The van der Waals surface area contributed by atoms with Crippen molar-refractivity contribution in [2.75, 3.05) is 20.3 Å². The van der Waals surface area contributed by atoms with Crippen molar-refractivity contribution in [3.63, 3.8) is 0 Å². The highest BCUT2D eigenvalue weighted by atomic mass is 16.5. The summed E-state index contributed by atoms with van der Waals surface area (Å²) < 4.78 is 10.7. The molecule has 0 spiro atoms. The molecule has 0 saturated heterocycles. The summed E-state index contributed by atoms with van der Waals surface area (Å²) in [6.45, 7) is 7.08. The Morgan fingerprint density at radius 3 is 2.58 bits per heavy atom. The highest BCUT2D eigenvalue weighted by molar-refractivity contribution is 5.93. The Bertz CT molecular complexity index is 684. The summed E-state index contributed by atoms with van der Waals surface area (Å²) >= 11 is 0. The van der Waals surface area contributed by atoms with Crippen LogP contribution in [-0.4, -0.2) is 36.1 Å². The Morgan fingerprint density at radius 2 is 1.96 bits per heavy atom. The molecule has 1 aromatic carbocycles. The van der Waals surface area contributed by atoms with Crippen molar-refractivity contribution in [2.24, 2.45) is 0 Å². The minimum absolute atomic E-state index is 0.232. The van der Waals surface area contributed by atoms with Gasteiger partial charge in [0.15, 0.2) is 0 Å². The van der Waals surface area contributed by atoms with Crippen LogP contribution in [0.3, 0.4) is 0 Å². The monoisotopic (exact) mass is 329 g/mol. The number of aromatic nitrogens is 2. The summed E-state index contributed by atoms with van der Waals surface area (Å²) in [4.78, 5) is 19.8. The molecule has 24 heavy (non-hydrogen) atoms. The molecule has 2 aromatic rings. The molecule has 1 amide bonds. The summed E-state index contributed by atoms with van der Waals surface area (Å²) in [6, 6.07) is 6.42. The van der Waals surface area contributed by atoms with Gasteiger partial charge in [0.05, 0.1) is 19.2 Å². The average Bonchev–Trinajstić information content (AvgIpc) is 2.58. The SMILES string of the molecule is COc1ncc(C(=O)NCCOc2cc(C)ccc2C(C)C)cn1. The maximum atomic E-state index is 12.0. The zero-order valence-corrected chi connectivity index (χ0v) is 14.5. The van der Waals surface area contributed by atoms with Crippen molar-refractivity contribution in [3.05, 3.63) is 47.3 Å². The van der Waals surface area contributed by atoms with Crippen LogP contribution in [0.25, 0.3) is 0 Å². The maximum Gasteiger partial charge on any atom is 0.316 e. The third-order valence-corrected chi connectivity index (χ3v) is 3.51. The van der Waals surface area contributed by atoms with Crippen LogP contribution in [-0.2, 0) is 0 Å². The van der Waals surface area contributed by atoms with Crippen LogP contribution >= 0.6 is 0 Å². The number of methoxy groups -OCH3 is 1. The van der Waals surface area contributed by atoms with Gasteiger partial charge in [-0.05, 0) is 30.0 Å². The Balaban J connectivity index is 1.86. The van der Waals surface area contributed by atoms with Crippen LogP contribution < -0.4 is 14.8 Å². The van der Waals surface area contributed by atoms with Crippen LogP contribution in [0.4, 0.5) is 0 Å². The second kappa shape index (κ2) is 8.29. The number of aryl methyl sites for hydroxylation is 1. The number of hydrogen-bond acceptors (Lipinski definition) is 5. The molecule has 0 aliphatic heterocycles. The molecule has 128 valence electrons. The molecule has 0 aliphatic rings. The van der Waals surface area contributed by atoms with E-state index in [1.807, 2.05) is 13.0 Å². The van der Waals surface area contributed by atoms with Crippen LogP contribution in [0, 0.1) is 6.92 Å². The Kier molecular flexibility index (Phi) is 6.12. The standard InChI is InChI=1S/C18H23N3O3/c1-12(2)15-6-5-13(3)9-16(15)24-8-7-19-17(22)14-10-20-18(23-4)21-11-14/h5-6,9-12H,7-8H2,1-4H3,(H,19,22). The van der Waals surface area contributed by atoms with Gasteiger partial charge in [0, 0.05) is 12.4 Å². The van der Waals surface area contributed by atoms with Crippen molar-refractivity contribution in [1.82, 2.24) is 15.3 Å². The van der Waals surface area contributed by atoms with Crippen molar-refractivity contribution >= 4 is 5.91 Å². The number of nitrogens with one attached hydrogen (secondary N) is 1. The van der Waals surface area contributed by atoms with E-state index in [0.29, 0.717) is 24.6 Å². The lowest BCUT2D eigenvalue weighted by atomic mass is 10.0. The first-order valence-corrected chi connectivity index (χ1v) is 7.89. The Hall–Kier alpha value is -2.63. The molecule has 0 atom stereocenters. The number of rotatable bonds is 7. The van der Waals surface area contributed by atoms with Gasteiger partial charge in [-0.25, -0.2) is 9.97 Å². The predicted octanol–water partition coefficient (Wildman–Crippen LogP) is 2.73. The third-order valence-electron chi connectivity index (χ3n) is 3.51. The normalized spacial score (nSPS) is 10.5. The first-order valence-electron chi connectivity index (χ1n) is 7.89. The van der Waals surface area contributed by atoms with Crippen molar-refractivity contribution in [2.45, 2.75) is 26.7 Å². The van der Waals surface area contributed by atoms with Gasteiger partial charge in [-0.1, -0.05) is 26.0 Å². The number of ether oxygens (including phenoxy) is 2. The van der Waals surface area contributed by atoms with Crippen molar-refractivity contribution in [3.8, 4) is 11.8 Å². The molecule has 0 unspecified atom stereocenters. The molecule has 6 heteroatoms. The van der Waals surface area contributed by atoms with Gasteiger partial charge in [0.25, 0.3) is 5.91 Å². The molecule has 0 saturated carbocycles. The lowest BCUT2D eigenvalue weighted by molar-refractivity contribution is 0.0946. The van der Waals surface area contributed by atoms with E-state index in [1.54, 1.807) is 0 Å². The van der Waals surface area contributed by atoms with Crippen LogP contribution in [0.15, 0.2) is 30.6 Å². The zero-order chi connectivity index (χ0) is 17.5. The Morgan fingerprint density at radius 1 is 1.25 bits per heavy atom. The van der Waals surface area contributed by atoms with Gasteiger partial charge in [-0.2, -0.15) is 0 Å². The van der Waals surface area contributed by atoms with Gasteiger partial charge < -0.3 is 14.8 Å². The second-order valence-corrected chi connectivity index (χ2v) is 5.76. The number of benzene rings is 1. The molecule has 1 heterocycles. The van der Waals surface area contributed by atoms with E-state index in [2.05, 4.69) is 41.3 Å². The predicted molar refractivity (Wildman–Crippen MR) is 91.7 cm³/mol. The lowest BCUT2D eigenvalue weighted by Gasteiger charge is -2.15. The molecule has 0 aliphatic carbocycles. The van der Waals surface area contributed by atoms with Gasteiger partial charge in [0.2, 0.25) is 0 Å². The second-order valence-electron chi connectivity index (χ2n) is 5.76. The summed E-state index contributed by atoms with van der Waals surface area (Å²) in [7, 11) is 1.48. The van der Waals surface area contributed by atoms with E-state index in [0.717, 1.165) is 16.9 Å². The van der Waals surface area contributed by atoms with Crippen LogP contribution in [0.2, 0.25) is 0 Å². The summed E-state index contributed by atoms with van der Waals surface area (Å²) in [5.41, 5.74) is 2.69. The van der Waals surface area contributed by atoms with E-state index >= 15 is 0 Å². The molecule has 0 fully saturated rings. The third kappa shape index (κ3) is 4.68. The fourth-order valence-electron chi connectivity index (χ4n) is 2.21. The highest BCUT2D eigenvalue weighted by Gasteiger charge is 2.09. The minimum Gasteiger partial charge on any atom is -0.491 e. The number of carbonyl (C=O) groups excluding carboxylic acids is 1. The number of hydrogen-bond donors (Lipinski definition) is 1. The van der Waals surface area contributed by atoms with E-state index < -0.39 is 0 Å². The van der Waals surface area contributed by atoms with Crippen molar-refractivity contribution < 1.29 is 14.3 Å². The number of amides is 1. The first-order chi connectivity index (χ1) is 11.5. The maximum absolute atomic E-state index is 12.0. The fourth-order valence-corrected chi connectivity index (χ4v) is 2.21. The zero-order valence-electron chi connectivity index (χ0n) is 14.5. The molecule has 1 N–H and O–H groups in total. The lowest BCUT2D eigenvalue weighted by Crippen LogP contribution is -2.28. The van der Waals surface area contributed by atoms with Crippen LogP contribution in [0.5, 0.6) is 11.8 Å². The molecular formula is C18H23N3O3. The van der Waals surface area contributed by atoms with Gasteiger partial charge in [0.1, 0.15) is 12.4 Å². The summed E-state index contributed by atoms with van der Waals surface area (Å²) in [6.07, 6.45) is 2.86. The highest BCUT2D eigenvalue weighted by Crippen LogP contribution is 2.27. The minimum atomic E-state index is -0.241. The molecular weight excluding hydrogens is 306 g/mol. The van der Waals surface area contributed by atoms with E-state index in [4.69, 9.17) is 9.47 Å². The van der Waals surface area contributed by atoms with E-state index in [-0.39, 0.29) is 11.9 Å². The van der Waals surface area contributed by atoms with Crippen molar-refractivity contribution in [1.29, 1.82) is 0 Å². The fraction of sp³-hybridized carbons (Fsp3) is 0.389. The number of carbonyl (C=O) groups is 1. The molecule has 0 radical (unpaired) electrons. The van der Waals surface area contributed by atoms with Gasteiger partial charge >= 0.3 is 6.01 Å². The van der Waals surface area contributed by atoms with Gasteiger partial charge in [-0.15, -0.1) is 0 Å². The van der Waals surface area contributed by atoms with Crippen LogP contribution in [0.1, 0.15) is 41.3 Å². The van der Waals surface area contributed by atoms with E-state index in [9.17, 15) is 4.79 Å². The largest absolute Gasteiger partial charge is 0.491 e. The first kappa shape index (κ1) is 17.7. The average molecular weight is 329 g/mol. The quantitative estimate of drug-likeness (QED) is 0.791. The summed E-state index contributed by atoms with van der Waals surface area (Å²) in [5, 5.41) is 2.79.